The summed E-state index contributed by atoms with van der Waals surface area (Å²) in [6, 6.07) is 28.9. The number of hydrogen-bond acceptors (Lipinski definition) is 20. The van der Waals surface area contributed by atoms with Gasteiger partial charge in [-0.05, 0) is 91.4 Å². The fourth-order valence-corrected chi connectivity index (χ4v) is 14.9. The molecule has 0 saturated heterocycles. The molecule has 0 aromatic heterocycles. The van der Waals surface area contributed by atoms with E-state index in [-0.39, 0.29) is 56.5 Å². The van der Waals surface area contributed by atoms with E-state index >= 15 is 0 Å². The third-order valence-electron chi connectivity index (χ3n) is 15.7. The van der Waals surface area contributed by atoms with Crippen LogP contribution in [0.25, 0.3) is 0 Å². The molecule has 5 aliphatic heterocycles. The minimum absolute atomic E-state index is 0.0603. The van der Waals surface area contributed by atoms with Gasteiger partial charge in [0.05, 0.1) is 76.3 Å². The maximum Gasteiger partial charge on any atom is 0.276 e. The van der Waals surface area contributed by atoms with Gasteiger partial charge in [0.15, 0.2) is 34.5 Å². The van der Waals surface area contributed by atoms with Gasteiger partial charge in [0.1, 0.15) is 13.2 Å². The summed E-state index contributed by atoms with van der Waals surface area (Å²) >= 11 is 0. The van der Waals surface area contributed by atoms with Crippen molar-refractivity contribution in [3.8, 4) is 23.0 Å². The van der Waals surface area contributed by atoms with E-state index in [4.69, 9.17) is 38.2 Å². The fraction of sp³-hybridized carbons (Fsp3) is 0.413. The first-order valence-electron chi connectivity index (χ1n) is 29.0. The quantitative estimate of drug-likeness (QED) is 0.0152. The number of benzene rings is 5. The SMILES string of the molecule is COCCOCCOCCN(CC(C)(C)SSCCC(C(=O)NCCN1C(=O)C=CC1=O)S(=O)(=O)O)c1cc(COc2cc3c(cc2OC)C(O)N2c4ccccc4CC2C=N3)cc(COc2cc3c(cc2OC)C(=O)N2c4ccccc4CC2CN3)c1. The van der Waals surface area contributed by atoms with Gasteiger partial charge in [0.2, 0.25) is 5.91 Å². The maximum absolute atomic E-state index is 14.3. The van der Waals surface area contributed by atoms with Crippen LogP contribution in [-0.2, 0) is 64.8 Å². The molecule has 0 radical (unpaired) electrons. The van der Waals surface area contributed by atoms with Crippen LogP contribution in [0.3, 0.4) is 0 Å². The molecule has 0 spiro atoms. The van der Waals surface area contributed by atoms with Gasteiger partial charge in [-0.25, -0.2) is 0 Å². The van der Waals surface area contributed by atoms with Crippen LogP contribution in [0.4, 0.5) is 28.4 Å². The third kappa shape index (κ3) is 14.9. The zero-order valence-corrected chi connectivity index (χ0v) is 52.1. The van der Waals surface area contributed by atoms with Gasteiger partial charge in [-0.2, -0.15) is 8.42 Å². The van der Waals surface area contributed by atoms with Gasteiger partial charge in [0.25, 0.3) is 27.8 Å². The number of carbonyl (C=O) groups excluding carboxylic acids is 4. The molecule has 5 aromatic rings. The zero-order chi connectivity index (χ0) is 62.1. The molecule has 4 unspecified atom stereocenters. The van der Waals surface area contributed by atoms with Gasteiger partial charge in [-0.3, -0.25) is 33.6 Å². The lowest BCUT2D eigenvalue weighted by Gasteiger charge is -2.34. The molecule has 5 heterocycles. The zero-order valence-electron chi connectivity index (χ0n) is 49.7. The number of carbonyl (C=O) groups is 4. The number of nitrogens with zero attached hydrogens (tertiary/aromatic N) is 5. The van der Waals surface area contributed by atoms with Gasteiger partial charge >= 0.3 is 0 Å². The average Bonchev–Trinajstić information content (AvgIpc) is 2.51. The number of aliphatic hydroxyl groups is 1. The van der Waals surface area contributed by atoms with E-state index in [1.165, 1.54) is 28.7 Å². The molecule has 22 nitrogen and oxygen atoms in total. The number of nitrogens with one attached hydrogen (secondary N) is 2. The summed E-state index contributed by atoms with van der Waals surface area (Å²) in [7, 11) is 2.69. The van der Waals surface area contributed by atoms with Crippen LogP contribution in [0.1, 0.15) is 64.7 Å². The van der Waals surface area contributed by atoms with E-state index in [1.54, 1.807) is 32.4 Å². The highest BCUT2D eigenvalue weighted by molar-refractivity contribution is 8.77. The van der Waals surface area contributed by atoms with Crippen molar-refractivity contribution in [1.82, 2.24) is 10.2 Å². The van der Waals surface area contributed by atoms with Crippen molar-refractivity contribution < 1.29 is 70.4 Å². The minimum Gasteiger partial charge on any atom is -0.493 e. The van der Waals surface area contributed by atoms with E-state index in [1.807, 2.05) is 90.5 Å². The highest BCUT2D eigenvalue weighted by Crippen LogP contribution is 2.46. The molecule has 4 amide bonds. The van der Waals surface area contributed by atoms with Crippen molar-refractivity contribution in [3.05, 3.63) is 137 Å². The molecule has 25 heteroatoms. The Morgan fingerprint density at radius 3 is 2.16 bits per heavy atom. The van der Waals surface area contributed by atoms with Crippen molar-refractivity contribution in [3.63, 3.8) is 0 Å². The van der Waals surface area contributed by atoms with Crippen LogP contribution < -0.4 is 44.3 Å². The van der Waals surface area contributed by atoms with E-state index in [0.29, 0.717) is 105 Å². The topological polar surface area (TPSA) is 257 Å². The first kappa shape index (κ1) is 63.7. The van der Waals surface area contributed by atoms with Crippen molar-refractivity contribution in [2.45, 2.75) is 74.6 Å². The number of methoxy groups -OCH3 is 3. The molecule has 5 aliphatic rings. The smallest absolute Gasteiger partial charge is 0.276 e. The Kier molecular flexibility index (Phi) is 20.6. The third-order valence-corrected chi connectivity index (χ3v) is 20.1. The van der Waals surface area contributed by atoms with Crippen LogP contribution in [0.5, 0.6) is 23.0 Å². The van der Waals surface area contributed by atoms with Crippen molar-refractivity contribution in [2.24, 2.45) is 4.99 Å². The number of anilines is 4. The molecule has 0 fully saturated rings. The Morgan fingerprint density at radius 2 is 1.47 bits per heavy atom. The number of aliphatic imine (C=N–C) groups is 1. The number of fused-ring (bicyclic) bond motifs is 8. The van der Waals surface area contributed by atoms with Crippen LogP contribution in [0.2, 0.25) is 0 Å². The van der Waals surface area contributed by atoms with Crippen LogP contribution in [0.15, 0.2) is 108 Å². The van der Waals surface area contributed by atoms with E-state index in [9.17, 15) is 37.3 Å². The minimum atomic E-state index is -4.83. The highest BCUT2D eigenvalue weighted by Gasteiger charge is 2.39. The molecule has 4 N–H and O–H groups in total. The first-order valence-corrected chi connectivity index (χ1v) is 32.8. The average molecular weight is 1260 g/mol. The standard InChI is InChI=1S/C63H73N7O15S3/c1-63(2,87-86-25-16-57(88(76,77)78)60(73)64-17-18-68-58(71)14-15-59(68)72)39-67(19-20-82-23-24-83-22-21-79-3)44-27-40(37-84-55-33-49-47(31-53(55)80-4)61(74)69-45(35-65-49)29-42-10-6-8-12-51(42)69)26-41(28-44)38-85-56-34-50-48(32-54(56)81-5)62(75)70-46(36-66-50)30-43-11-7-9-13-52(43)70/h6-15,26-28,31-35,45-46,57,61,66,74H,16-25,29-30,36-39H2,1-5H3,(H,64,73)(H,76,77,78). The number of aliphatic hydroxyl groups excluding tert-OH is 1. The monoisotopic (exact) mass is 1260 g/mol. The number of para-hydroxylation sites is 2. The molecule has 10 rings (SSSR count). The number of hydrogen-bond donors (Lipinski definition) is 4. The van der Waals surface area contributed by atoms with Gasteiger partial charge in [0, 0.05) is 110 Å². The Bertz CT molecular complexity index is 3550. The van der Waals surface area contributed by atoms with Crippen LogP contribution in [0, 0.1) is 0 Å². The summed E-state index contributed by atoms with van der Waals surface area (Å²) in [5, 5.41) is 16.1. The summed E-state index contributed by atoms with van der Waals surface area (Å²) in [5.41, 5.74) is 8.61. The normalized spacial score (nSPS) is 17.7. The Morgan fingerprint density at radius 1 is 0.818 bits per heavy atom. The lowest BCUT2D eigenvalue weighted by atomic mass is 10.1. The lowest BCUT2D eigenvalue weighted by molar-refractivity contribution is -0.137. The molecule has 0 saturated carbocycles. The molecule has 4 atom stereocenters. The van der Waals surface area contributed by atoms with Gasteiger partial charge in [-0.1, -0.05) is 58.0 Å². The number of rotatable bonds is 30. The second kappa shape index (κ2) is 28.4. The number of ether oxygens (including phenoxy) is 7. The summed E-state index contributed by atoms with van der Waals surface area (Å²) in [4.78, 5) is 63.3. The summed E-state index contributed by atoms with van der Waals surface area (Å²) in [5.74, 6) is -0.398. The summed E-state index contributed by atoms with van der Waals surface area (Å²) in [6.45, 7) is 7.09. The van der Waals surface area contributed by atoms with E-state index in [0.717, 1.165) is 62.8 Å². The largest absolute Gasteiger partial charge is 0.493 e. The molecule has 0 bridgehead atoms. The maximum atomic E-state index is 14.3. The van der Waals surface area contributed by atoms with Crippen LogP contribution >= 0.6 is 21.6 Å². The van der Waals surface area contributed by atoms with Crippen LogP contribution in [-0.4, -0.2) is 168 Å². The summed E-state index contributed by atoms with van der Waals surface area (Å²) in [6.07, 6.45) is 4.29. The second-order valence-corrected chi connectivity index (χ2v) is 27.0. The molecular weight excluding hydrogens is 1190 g/mol. The predicted octanol–water partition coefficient (Wildman–Crippen LogP) is 7.33. The highest BCUT2D eigenvalue weighted by atomic mass is 33.1. The van der Waals surface area contributed by atoms with Crippen molar-refractivity contribution >= 4 is 90.0 Å². The molecule has 5 aromatic carbocycles. The van der Waals surface area contributed by atoms with Gasteiger partial charge in [-0.15, -0.1) is 0 Å². The van der Waals surface area contributed by atoms with Crippen molar-refractivity contribution in [1.29, 1.82) is 0 Å². The Labute approximate surface area is 520 Å². The Balaban J connectivity index is 0.907. The van der Waals surface area contributed by atoms with E-state index in [2.05, 4.69) is 27.7 Å². The Hall–Kier alpha value is -7.36. The lowest BCUT2D eigenvalue weighted by Crippen LogP contribution is -2.44. The molecule has 88 heavy (non-hydrogen) atoms. The predicted molar refractivity (Wildman–Crippen MR) is 339 cm³/mol. The molecule has 0 aliphatic carbocycles. The first-order chi connectivity index (χ1) is 42.4. The molecular formula is C63H73N7O15S3. The van der Waals surface area contributed by atoms with Crippen molar-refractivity contribution in [2.75, 3.05) is 113 Å². The number of amides is 4. The number of imide groups is 1. The fourth-order valence-electron chi connectivity index (χ4n) is 11.4. The summed E-state index contributed by atoms with van der Waals surface area (Å²) < 4.78 is 76.8. The van der Waals surface area contributed by atoms with Gasteiger partial charge < -0.3 is 63.6 Å². The van der Waals surface area contributed by atoms with E-state index < -0.39 is 44.1 Å². The second-order valence-electron chi connectivity index (χ2n) is 22.2. The molecule has 468 valence electrons.